The fraction of sp³-hybridized carbons (Fsp3) is 0.462. The van der Waals surface area contributed by atoms with Crippen LogP contribution in [0.4, 0.5) is 5.13 Å². The maximum absolute atomic E-state index is 11.9. The third kappa shape index (κ3) is 4.57. The van der Waals surface area contributed by atoms with Gasteiger partial charge in [-0.1, -0.05) is 49.4 Å². The topological polar surface area (TPSA) is 54.9 Å². The number of rotatable bonds is 7. The first-order valence-corrected chi connectivity index (χ1v) is 9.16. The Labute approximate surface area is 131 Å². The number of hydrogen-bond donors (Lipinski definition) is 1. The quantitative estimate of drug-likeness (QED) is 0.609. The van der Waals surface area contributed by atoms with Crippen molar-refractivity contribution in [2.75, 3.05) is 5.32 Å². The number of aromatic nitrogens is 2. The van der Waals surface area contributed by atoms with Gasteiger partial charge >= 0.3 is 0 Å². The molecule has 2 rings (SSSR count). The number of thiophene rings is 1. The van der Waals surface area contributed by atoms with E-state index in [4.69, 9.17) is 0 Å². The zero-order chi connectivity index (χ0) is 14.4. The molecule has 1 unspecified atom stereocenters. The Morgan fingerprint density at radius 1 is 1.50 bits per heavy atom. The second-order valence-corrected chi connectivity index (χ2v) is 7.65. The Kier molecular flexibility index (Phi) is 6.00. The third-order valence-corrected chi connectivity index (χ3v) is 5.80. The van der Waals surface area contributed by atoms with Gasteiger partial charge < -0.3 is 5.32 Å². The lowest BCUT2D eigenvalue weighted by molar-refractivity contribution is -0.119. The Balaban J connectivity index is 1.84. The van der Waals surface area contributed by atoms with E-state index in [0.29, 0.717) is 5.13 Å². The SMILES string of the molecule is CCCC(C)C(=O)Nc1nnc(SCc2cccs2)s1. The molecule has 7 heteroatoms. The van der Waals surface area contributed by atoms with Crippen molar-refractivity contribution in [2.45, 2.75) is 36.8 Å². The summed E-state index contributed by atoms with van der Waals surface area (Å²) in [5.74, 6) is 0.941. The monoisotopic (exact) mass is 327 g/mol. The van der Waals surface area contributed by atoms with Crippen molar-refractivity contribution in [3.05, 3.63) is 22.4 Å². The summed E-state index contributed by atoms with van der Waals surface area (Å²) in [5.41, 5.74) is 0. The molecule has 2 aromatic rings. The normalized spacial score (nSPS) is 12.3. The van der Waals surface area contributed by atoms with Gasteiger partial charge in [0, 0.05) is 16.5 Å². The minimum atomic E-state index is 0.0196. The van der Waals surface area contributed by atoms with Gasteiger partial charge in [-0.05, 0) is 17.9 Å². The third-order valence-electron chi connectivity index (χ3n) is 2.72. The summed E-state index contributed by atoms with van der Waals surface area (Å²) in [4.78, 5) is 13.2. The number of anilines is 1. The Morgan fingerprint density at radius 2 is 2.35 bits per heavy atom. The molecule has 4 nitrogen and oxygen atoms in total. The molecule has 108 valence electrons. The zero-order valence-corrected chi connectivity index (χ0v) is 13.9. The van der Waals surface area contributed by atoms with Crippen LogP contribution in [0.15, 0.2) is 21.9 Å². The largest absolute Gasteiger partial charge is 0.300 e. The molecule has 0 saturated carbocycles. The van der Waals surface area contributed by atoms with E-state index < -0.39 is 0 Å². The molecule has 0 fully saturated rings. The highest BCUT2D eigenvalue weighted by molar-refractivity contribution is 8.00. The van der Waals surface area contributed by atoms with Crippen molar-refractivity contribution in [1.82, 2.24) is 10.2 Å². The molecule has 0 bridgehead atoms. The molecule has 1 amide bonds. The molecule has 0 aliphatic heterocycles. The summed E-state index contributed by atoms with van der Waals surface area (Å²) in [6.45, 7) is 4.01. The Hall–Kier alpha value is -0.920. The van der Waals surface area contributed by atoms with E-state index in [1.807, 2.05) is 13.0 Å². The van der Waals surface area contributed by atoms with Gasteiger partial charge in [-0.15, -0.1) is 21.5 Å². The van der Waals surface area contributed by atoms with Gasteiger partial charge in [-0.3, -0.25) is 4.79 Å². The van der Waals surface area contributed by atoms with E-state index in [1.165, 1.54) is 16.2 Å². The van der Waals surface area contributed by atoms with Crippen LogP contribution in [0.3, 0.4) is 0 Å². The number of thioether (sulfide) groups is 1. The molecule has 2 heterocycles. The van der Waals surface area contributed by atoms with Gasteiger partial charge in [0.1, 0.15) is 0 Å². The maximum Gasteiger partial charge on any atom is 0.229 e. The zero-order valence-electron chi connectivity index (χ0n) is 11.5. The lowest BCUT2D eigenvalue weighted by Gasteiger charge is -2.07. The van der Waals surface area contributed by atoms with E-state index in [-0.39, 0.29) is 11.8 Å². The number of nitrogens with zero attached hydrogens (tertiary/aromatic N) is 2. The van der Waals surface area contributed by atoms with Crippen molar-refractivity contribution in [2.24, 2.45) is 5.92 Å². The fourth-order valence-electron chi connectivity index (χ4n) is 1.64. The first-order chi connectivity index (χ1) is 9.69. The van der Waals surface area contributed by atoms with Gasteiger partial charge in [0.05, 0.1) is 0 Å². The lowest BCUT2D eigenvalue weighted by Crippen LogP contribution is -2.20. The average Bonchev–Trinajstić information content (AvgIpc) is 3.07. The van der Waals surface area contributed by atoms with Crippen LogP contribution in [0.1, 0.15) is 31.6 Å². The molecule has 0 radical (unpaired) electrons. The summed E-state index contributed by atoms with van der Waals surface area (Å²) >= 11 is 4.82. The Bertz CT molecular complexity index is 539. The molecule has 0 aliphatic rings. The highest BCUT2D eigenvalue weighted by atomic mass is 32.2. The summed E-state index contributed by atoms with van der Waals surface area (Å²) < 4.78 is 0.886. The van der Waals surface area contributed by atoms with Crippen molar-refractivity contribution < 1.29 is 4.79 Å². The Morgan fingerprint density at radius 3 is 3.05 bits per heavy atom. The average molecular weight is 328 g/mol. The smallest absolute Gasteiger partial charge is 0.229 e. The van der Waals surface area contributed by atoms with Gasteiger partial charge in [0.15, 0.2) is 4.34 Å². The van der Waals surface area contributed by atoms with Gasteiger partial charge in [0.25, 0.3) is 0 Å². The highest BCUT2D eigenvalue weighted by Gasteiger charge is 2.14. The summed E-state index contributed by atoms with van der Waals surface area (Å²) in [5, 5.41) is 13.6. The molecule has 1 atom stereocenters. The predicted molar refractivity (Wildman–Crippen MR) is 86.5 cm³/mol. The molecule has 0 aliphatic carbocycles. The molecular formula is C13H17N3OS3. The van der Waals surface area contributed by atoms with Crippen molar-refractivity contribution in [1.29, 1.82) is 0 Å². The molecule has 2 aromatic heterocycles. The van der Waals surface area contributed by atoms with Crippen LogP contribution in [-0.4, -0.2) is 16.1 Å². The summed E-state index contributed by atoms with van der Waals surface area (Å²) in [6, 6.07) is 4.15. The van der Waals surface area contributed by atoms with Gasteiger partial charge in [0.2, 0.25) is 11.0 Å². The number of nitrogens with one attached hydrogen (secondary N) is 1. The van der Waals surface area contributed by atoms with Crippen LogP contribution in [0.2, 0.25) is 0 Å². The summed E-state index contributed by atoms with van der Waals surface area (Å²) in [6.07, 6.45) is 1.90. The predicted octanol–water partition coefficient (Wildman–Crippen LogP) is 4.27. The molecular weight excluding hydrogens is 310 g/mol. The highest BCUT2D eigenvalue weighted by Crippen LogP contribution is 2.29. The van der Waals surface area contributed by atoms with Crippen molar-refractivity contribution in [3.8, 4) is 0 Å². The number of carbonyl (C=O) groups excluding carboxylic acids is 1. The number of amides is 1. The molecule has 0 spiro atoms. The second kappa shape index (κ2) is 7.75. The number of hydrogen-bond acceptors (Lipinski definition) is 6. The van der Waals surface area contributed by atoms with Crippen LogP contribution >= 0.6 is 34.4 Å². The molecule has 20 heavy (non-hydrogen) atoms. The maximum atomic E-state index is 11.9. The first kappa shape index (κ1) is 15.5. The van der Waals surface area contributed by atoms with Crippen LogP contribution in [0.25, 0.3) is 0 Å². The fourth-order valence-corrected chi connectivity index (χ4v) is 4.17. The summed E-state index contributed by atoms with van der Waals surface area (Å²) in [7, 11) is 0. The van der Waals surface area contributed by atoms with Crippen LogP contribution in [-0.2, 0) is 10.5 Å². The second-order valence-electron chi connectivity index (χ2n) is 4.42. The minimum absolute atomic E-state index is 0.0196. The minimum Gasteiger partial charge on any atom is -0.300 e. The lowest BCUT2D eigenvalue weighted by atomic mass is 10.1. The standard InChI is InChI=1S/C13H17N3OS3/c1-3-5-9(2)11(17)14-12-15-16-13(20-12)19-8-10-6-4-7-18-10/h4,6-7,9H,3,5,8H2,1-2H3,(H,14,15,17). The van der Waals surface area contributed by atoms with Crippen LogP contribution in [0, 0.1) is 5.92 Å². The van der Waals surface area contributed by atoms with E-state index in [9.17, 15) is 4.79 Å². The van der Waals surface area contributed by atoms with Crippen molar-refractivity contribution in [3.63, 3.8) is 0 Å². The van der Waals surface area contributed by atoms with E-state index >= 15 is 0 Å². The van der Waals surface area contributed by atoms with E-state index in [0.717, 1.165) is 22.9 Å². The van der Waals surface area contributed by atoms with Gasteiger partial charge in [-0.2, -0.15) is 0 Å². The van der Waals surface area contributed by atoms with Gasteiger partial charge in [-0.25, -0.2) is 0 Å². The van der Waals surface area contributed by atoms with E-state index in [1.54, 1.807) is 23.1 Å². The van der Waals surface area contributed by atoms with E-state index in [2.05, 4.69) is 33.9 Å². The van der Waals surface area contributed by atoms with Crippen molar-refractivity contribution >= 4 is 45.5 Å². The van der Waals surface area contributed by atoms with Crippen LogP contribution < -0.4 is 5.32 Å². The molecule has 0 aromatic carbocycles. The van der Waals surface area contributed by atoms with Crippen LogP contribution in [0.5, 0.6) is 0 Å². The molecule has 0 saturated heterocycles. The number of carbonyl (C=O) groups is 1. The first-order valence-electron chi connectivity index (χ1n) is 6.48. The molecule has 1 N–H and O–H groups in total.